The quantitative estimate of drug-likeness (QED) is 0.864. The zero-order valence-electron chi connectivity index (χ0n) is 7.61. The maximum atomic E-state index is 12.7. The molecule has 5 heteroatoms. The smallest absolute Gasteiger partial charge is 0.160 e. The van der Waals surface area contributed by atoms with Crippen molar-refractivity contribution in [2.75, 3.05) is 5.73 Å². The Morgan fingerprint density at radius 1 is 1.13 bits per heavy atom. The summed E-state index contributed by atoms with van der Waals surface area (Å²) in [6.07, 6.45) is 0. The summed E-state index contributed by atoms with van der Waals surface area (Å²) in [4.78, 5) is 0. The van der Waals surface area contributed by atoms with Crippen molar-refractivity contribution in [3.05, 3.63) is 40.6 Å². The predicted molar refractivity (Wildman–Crippen MR) is 59.5 cm³/mol. The fourth-order valence-corrected chi connectivity index (χ4v) is 1.44. The fraction of sp³-hybridized carbons (Fsp3) is 0. The molecule has 3 nitrogen and oxygen atoms in total. The maximum Gasteiger partial charge on any atom is 0.160 e. The van der Waals surface area contributed by atoms with E-state index in [2.05, 4.69) is 26.1 Å². The Morgan fingerprint density at radius 2 is 1.80 bits per heavy atom. The van der Waals surface area contributed by atoms with Crippen LogP contribution in [-0.4, -0.2) is 10.2 Å². The van der Waals surface area contributed by atoms with Crippen LogP contribution in [0.1, 0.15) is 0 Å². The van der Waals surface area contributed by atoms with E-state index in [0.29, 0.717) is 16.0 Å². The Bertz CT molecular complexity index is 485. The van der Waals surface area contributed by atoms with E-state index < -0.39 is 0 Å². The van der Waals surface area contributed by atoms with Crippen molar-refractivity contribution in [1.29, 1.82) is 0 Å². The van der Waals surface area contributed by atoms with E-state index in [0.717, 1.165) is 5.56 Å². The van der Waals surface area contributed by atoms with E-state index in [9.17, 15) is 4.39 Å². The third-order valence-corrected chi connectivity index (χ3v) is 2.55. The first-order valence-electron chi connectivity index (χ1n) is 4.21. The SMILES string of the molecule is Nc1nnc(-c2ccc(F)cc2)cc1Br. The fourth-order valence-electron chi connectivity index (χ4n) is 1.14. The molecule has 2 N–H and O–H groups in total. The molecule has 1 aromatic heterocycles. The molecule has 0 radical (unpaired) electrons. The summed E-state index contributed by atoms with van der Waals surface area (Å²) in [5, 5.41) is 7.68. The van der Waals surface area contributed by atoms with Gasteiger partial charge in [-0.3, -0.25) is 0 Å². The van der Waals surface area contributed by atoms with Crippen molar-refractivity contribution in [3.8, 4) is 11.3 Å². The number of nitrogen functional groups attached to an aromatic ring is 1. The zero-order chi connectivity index (χ0) is 10.8. The van der Waals surface area contributed by atoms with E-state index >= 15 is 0 Å². The molecule has 0 unspecified atom stereocenters. The number of aromatic nitrogens is 2. The molecule has 2 aromatic rings. The maximum absolute atomic E-state index is 12.7. The number of rotatable bonds is 1. The lowest BCUT2D eigenvalue weighted by atomic mass is 10.1. The third kappa shape index (κ3) is 2.12. The van der Waals surface area contributed by atoms with Crippen molar-refractivity contribution in [2.45, 2.75) is 0 Å². The van der Waals surface area contributed by atoms with Crippen LogP contribution < -0.4 is 5.73 Å². The van der Waals surface area contributed by atoms with Gasteiger partial charge < -0.3 is 5.73 Å². The highest BCUT2D eigenvalue weighted by atomic mass is 79.9. The second kappa shape index (κ2) is 3.94. The standard InChI is InChI=1S/C10H7BrFN3/c11-8-5-9(14-15-10(8)13)6-1-3-7(12)4-2-6/h1-5H,(H2,13,15). The molecular weight excluding hydrogens is 261 g/mol. The molecule has 0 fully saturated rings. The molecule has 0 amide bonds. The number of hydrogen-bond donors (Lipinski definition) is 1. The Hall–Kier alpha value is -1.49. The summed E-state index contributed by atoms with van der Waals surface area (Å²) >= 11 is 3.26. The van der Waals surface area contributed by atoms with Crippen LogP contribution in [0.15, 0.2) is 34.8 Å². The predicted octanol–water partition coefficient (Wildman–Crippen LogP) is 2.63. The minimum atomic E-state index is -0.277. The van der Waals surface area contributed by atoms with Crippen molar-refractivity contribution in [3.63, 3.8) is 0 Å². The van der Waals surface area contributed by atoms with Crippen LogP contribution in [0.25, 0.3) is 11.3 Å². The highest BCUT2D eigenvalue weighted by Gasteiger charge is 2.03. The highest BCUT2D eigenvalue weighted by molar-refractivity contribution is 9.10. The van der Waals surface area contributed by atoms with Crippen LogP contribution in [0.3, 0.4) is 0 Å². The number of nitrogens with zero attached hydrogens (tertiary/aromatic N) is 2. The van der Waals surface area contributed by atoms with Crippen LogP contribution in [0, 0.1) is 5.82 Å². The highest BCUT2D eigenvalue weighted by Crippen LogP contribution is 2.23. The van der Waals surface area contributed by atoms with E-state index in [1.807, 2.05) is 0 Å². The first-order valence-corrected chi connectivity index (χ1v) is 5.01. The van der Waals surface area contributed by atoms with E-state index in [-0.39, 0.29) is 5.82 Å². The second-order valence-electron chi connectivity index (χ2n) is 2.97. The van der Waals surface area contributed by atoms with Crippen LogP contribution in [0.5, 0.6) is 0 Å². The number of benzene rings is 1. The van der Waals surface area contributed by atoms with Crippen LogP contribution in [0.2, 0.25) is 0 Å². The molecule has 15 heavy (non-hydrogen) atoms. The largest absolute Gasteiger partial charge is 0.381 e. The first-order chi connectivity index (χ1) is 7.16. The van der Waals surface area contributed by atoms with E-state index in [1.165, 1.54) is 12.1 Å². The Morgan fingerprint density at radius 3 is 2.40 bits per heavy atom. The molecule has 0 bridgehead atoms. The van der Waals surface area contributed by atoms with Crippen LogP contribution in [-0.2, 0) is 0 Å². The van der Waals surface area contributed by atoms with Crippen molar-refractivity contribution in [1.82, 2.24) is 10.2 Å². The van der Waals surface area contributed by atoms with Crippen LogP contribution >= 0.6 is 15.9 Å². The van der Waals surface area contributed by atoms with Gasteiger partial charge in [0, 0.05) is 5.56 Å². The number of halogens is 2. The molecule has 0 aliphatic rings. The van der Waals surface area contributed by atoms with Gasteiger partial charge in [-0.2, -0.15) is 0 Å². The summed E-state index contributed by atoms with van der Waals surface area (Å²) < 4.78 is 13.4. The van der Waals surface area contributed by atoms with Gasteiger partial charge >= 0.3 is 0 Å². The van der Waals surface area contributed by atoms with E-state index in [4.69, 9.17) is 5.73 Å². The molecule has 0 saturated heterocycles. The molecule has 1 aromatic carbocycles. The Labute approximate surface area is 94.3 Å². The van der Waals surface area contributed by atoms with Crippen molar-refractivity contribution < 1.29 is 4.39 Å². The lowest BCUT2D eigenvalue weighted by Gasteiger charge is -2.01. The van der Waals surface area contributed by atoms with Gasteiger partial charge in [0.1, 0.15) is 5.82 Å². The van der Waals surface area contributed by atoms with Gasteiger partial charge in [0.05, 0.1) is 10.2 Å². The molecule has 2 rings (SSSR count). The van der Waals surface area contributed by atoms with Gasteiger partial charge in [0.25, 0.3) is 0 Å². The zero-order valence-corrected chi connectivity index (χ0v) is 9.20. The van der Waals surface area contributed by atoms with Crippen molar-refractivity contribution >= 4 is 21.7 Å². The molecule has 0 aliphatic heterocycles. The van der Waals surface area contributed by atoms with Gasteiger partial charge in [-0.25, -0.2) is 4.39 Å². The molecule has 76 valence electrons. The summed E-state index contributed by atoms with van der Waals surface area (Å²) in [5.41, 5.74) is 6.96. The summed E-state index contributed by atoms with van der Waals surface area (Å²) in [6.45, 7) is 0. The molecular formula is C10H7BrFN3. The Kier molecular flexibility index (Phi) is 2.64. The topological polar surface area (TPSA) is 51.8 Å². The van der Waals surface area contributed by atoms with Gasteiger partial charge in [-0.05, 0) is 46.3 Å². The van der Waals surface area contributed by atoms with Gasteiger partial charge in [0.15, 0.2) is 5.82 Å². The average molecular weight is 268 g/mol. The number of anilines is 1. The third-order valence-electron chi connectivity index (χ3n) is 1.91. The number of nitrogens with two attached hydrogens (primary N) is 1. The molecule has 0 atom stereocenters. The van der Waals surface area contributed by atoms with Gasteiger partial charge in [-0.15, -0.1) is 10.2 Å². The Balaban J connectivity index is 2.45. The summed E-state index contributed by atoms with van der Waals surface area (Å²) in [6, 6.07) is 7.78. The normalized spacial score (nSPS) is 10.3. The molecule has 0 aliphatic carbocycles. The summed E-state index contributed by atoms with van der Waals surface area (Å²) in [5.74, 6) is 0.0575. The summed E-state index contributed by atoms with van der Waals surface area (Å²) in [7, 11) is 0. The second-order valence-corrected chi connectivity index (χ2v) is 3.82. The van der Waals surface area contributed by atoms with Gasteiger partial charge in [0.2, 0.25) is 0 Å². The lowest BCUT2D eigenvalue weighted by Crippen LogP contribution is -1.95. The first kappa shape index (κ1) is 10.0. The van der Waals surface area contributed by atoms with Gasteiger partial charge in [-0.1, -0.05) is 0 Å². The minimum Gasteiger partial charge on any atom is -0.381 e. The lowest BCUT2D eigenvalue weighted by molar-refractivity contribution is 0.628. The molecule has 0 saturated carbocycles. The van der Waals surface area contributed by atoms with E-state index in [1.54, 1.807) is 18.2 Å². The average Bonchev–Trinajstić information content (AvgIpc) is 2.23. The van der Waals surface area contributed by atoms with Crippen LogP contribution in [0.4, 0.5) is 10.2 Å². The number of hydrogen-bond acceptors (Lipinski definition) is 3. The monoisotopic (exact) mass is 267 g/mol. The van der Waals surface area contributed by atoms with Crippen molar-refractivity contribution in [2.24, 2.45) is 0 Å². The minimum absolute atomic E-state index is 0.277. The molecule has 0 spiro atoms. The molecule has 1 heterocycles.